The minimum Gasteiger partial charge on any atom is -0.497 e. The quantitative estimate of drug-likeness (QED) is 0.507. The van der Waals surface area contributed by atoms with E-state index in [1.807, 2.05) is 0 Å². The minimum absolute atomic E-state index is 0.415. The molecule has 3 heteroatoms. The van der Waals surface area contributed by atoms with E-state index < -0.39 is 0 Å². The Hall–Kier alpha value is -0.960. The molecule has 0 fully saturated rings. The van der Waals surface area contributed by atoms with Gasteiger partial charge in [0.2, 0.25) is 0 Å². The Labute approximate surface area is 131 Å². The summed E-state index contributed by atoms with van der Waals surface area (Å²) in [4.78, 5) is 0. The van der Waals surface area contributed by atoms with Crippen LogP contribution in [0.25, 0.3) is 0 Å². The molecule has 0 aliphatic carbocycles. The molecule has 0 amide bonds. The van der Waals surface area contributed by atoms with Gasteiger partial charge in [-0.3, -0.25) is 0 Å². The van der Waals surface area contributed by atoms with Crippen LogP contribution in [0.2, 0.25) is 0 Å². The summed E-state index contributed by atoms with van der Waals surface area (Å²) in [6.45, 7) is 6.49. The fourth-order valence-electron chi connectivity index (χ4n) is 2.19. The first-order valence-electron chi connectivity index (χ1n) is 6.99. The summed E-state index contributed by atoms with van der Waals surface area (Å²) in [5.41, 5.74) is 3.79. The van der Waals surface area contributed by atoms with E-state index in [0.29, 0.717) is 5.92 Å². The lowest BCUT2D eigenvalue weighted by Crippen LogP contribution is -2.01. The summed E-state index contributed by atoms with van der Waals surface area (Å²) < 4.78 is 11.1. The van der Waals surface area contributed by atoms with Crippen molar-refractivity contribution < 1.29 is 9.47 Å². The van der Waals surface area contributed by atoms with Gasteiger partial charge in [0.25, 0.3) is 0 Å². The van der Waals surface area contributed by atoms with Crippen LogP contribution in [-0.4, -0.2) is 19.5 Å². The largest absolute Gasteiger partial charge is 0.497 e. The summed E-state index contributed by atoms with van der Waals surface area (Å²) in [5.74, 6) is 2.33. The van der Waals surface area contributed by atoms with Gasteiger partial charge >= 0.3 is 0 Å². The highest BCUT2D eigenvalue weighted by atomic mass is 79.9. The molecule has 0 bridgehead atoms. The van der Waals surface area contributed by atoms with Crippen molar-refractivity contribution in [1.82, 2.24) is 0 Å². The van der Waals surface area contributed by atoms with E-state index in [1.54, 1.807) is 14.2 Å². The molecule has 1 aromatic rings. The van der Waals surface area contributed by atoms with E-state index in [9.17, 15) is 0 Å². The van der Waals surface area contributed by atoms with E-state index in [0.717, 1.165) is 29.7 Å². The molecule has 0 saturated carbocycles. The number of hydrogen-bond acceptors (Lipinski definition) is 2. The van der Waals surface area contributed by atoms with Gasteiger partial charge < -0.3 is 9.47 Å². The number of methoxy groups -OCH3 is 2. The summed E-state index contributed by atoms with van der Waals surface area (Å²) in [5, 5.41) is 0.930. The lowest BCUT2D eigenvalue weighted by atomic mass is 9.96. The molecule has 0 atom stereocenters. The number of allylic oxidation sites excluding steroid dienone is 2. The number of aryl methyl sites for hydroxylation is 1. The van der Waals surface area contributed by atoms with E-state index in [-0.39, 0.29) is 0 Å². The summed E-state index contributed by atoms with van der Waals surface area (Å²) in [6.07, 6.45) is 4.24. The molecule has 1 rings (SSSR count). The molecule has 0 radical (unpaired) electrons. The molecular formula is C17H25BrO2. The zero-order chi connectivity index (χ0) is 15.1. The van der Waals surface area contributed by atoms with Gasteiger partial charge in [0.15, 0.2) is 0 Å². The average molecular weight is 341 g/mol. The molecule has 0 unspecified atom stereocenters. The van der Waals surface area contributed by atoms with Gasteiger partial charge in [-0.25, -0.2) is 0 Å². The monoisotopic (exact) mass is 340 g/mol. The normalized spacial score (nSPS) is 11.8. The van der Waals surface area contributed by atoms with Crippen molar-refractivity contribution in [2.45, 2.75) is 39.5 Å². The Bertz CT molecular complexity index is 464. The van der Waals surface area contributed by atoms with Crippen molar-refractivity contribution in [3.05, 3.63) is 34.9 Å². The lowest BCUT2D eigenvalue weighted by Gasteiger charge is -2.17. The fourth-order valence-corrected chi connectivity index (χ4v) is 2.42. The highest BCUT2D eigenvalue weighted by molar-refractivity contribution is 9.09. The predicted molar refractivity (Wildman–Crippen MR) is 89.5 cm³/mol. The van der Waals surface area contributed by atoms with Crippen LogP contribution in [0.15, 0.2) is 23.8 Å². The average Bonchev–Trinajstić information content (AvgIpc) is 2.45. The van der Waals surface area contributed by atoms with Crippen molar-refractivity contribution in [2.24, 2.45) is 0 Å². The molecule has 0 N–H and O–H groups in total. The Balaban J connectivity index is 3.06. The molecule has 0 heterocycles. The maximum absolute atomic E-state index is 5.64. The predicted octanol–water partition coefficient (Wildman–Crippen LogP) is 5.10. The third kappa shape index (κ3) is 4.55. The third-order valence-electron chi connectivity index (χ3n) is 3.35. The minimum atomic E-state index is 0.415. The van der Waals surface area contributed by atoms with Gasteiger partial charge in [-0.15, -0.1) is 0 Å². The van der Waals surface area contributed by atoms with Gasteiger partial charge in [-0.1, -0.05) is 41.4 Å². The van der Waals surface area contributed by atoms with Crippen LogP contribution < -0.4 is 9.47 Å². The molecule has 0 aromatic heterocycles. The van der Waals surface area contributed by atoms with Crippen molar-refractivity contribution in [2.75, 3.05) is 19.5 Å². The Morgan fingerprint density at radius 1 is 1.25 bits per heavy atom. The SMILES string of the molecule is COc1cc(CCC=C(C)CBr)c(OC)c(C(C)C)c1. The maximum atomic E-state index is 5.64. The molecule has 0 spiro atoms. The van der Waals surface area contributed by atoms with Crippen LogP contribution in [0.5, 0.6) is 11.5 Å². The number of alkyl halides is 1. The maximum Gasteiger partial charge on any atom is 0.125 e. The first kappa shape index (κ1) is 17.1. The summed E-state index contributed by atoms with van der Waals surface area (Å²) in [7, 11) is 3.46. The standard InChI is InChI=1S/C17H25BrO2/c1-12(2)16-10-15(19-4)9-14(17(16)20-5)8-6-7-13(3)11-18/h7,9-10,12H,6,8,11H2,1-5H3. The topological polar surface area (TPSA) is 18.5 Å². The van der Waals surface area contributed by atoms with Crippen molar-refractivity contribution in [1.29, 1.82) is 0 Å². The van der Waals surface area contributed by atoms with Crippen LogP contribution in [0.1, 0.15) is 44.2 Å². The van der Waals surface area contributed by atoms with Gasteiger partial charge in [0.1, 0.15) is 11.5 Å². The van der Waals surface area contributed by atoms with Crippen LogP contribution in [-0.2, 0) is 6.42 Å². The molecule has 20 heavy (non-hydrogen) atoms. The second kappa shape index (κ2) is 8.35. The molecule has 0 aliphatic rings. The molecule has 2 nitrogen and oxygen atoms in total. The number of halogens is 1. The smallest absolute Gasteiger partial charge is 0.125 e. The lowest BCUT2D eigenvalue weighted by molar-refractivity contribution is 0.392. The zero-order valence-corrected chi connectivity index (χ0v) is 14.7. The number of hydrogen-bond donors (Lipinski definition) is 0. The first-order valence-corrected chi connectivity index (χ1v) is 8.12. The molecule has 0 aliphatic heterocycles. The highest BCUT2D eigenvalue weighted by Gasteiger charge is 2.14. The number of rotatable bonds is 7. The Morgan fingerprint density at radius 2 is 1.95 bits per heavy atom. The molecular weight excluding hydrogens is 316 g/mol. The van der Waals surface area contributed by atoms with E-state index in [2.05, 4.69) is 54.9 Å². The first-order chi connectivity index (χ1) is 9.53. The van der Waals surface area contributed by atoms with Gasteiger partial charge in [0, 0.05) is 10.9 Å². The molecule has 112 valence electrons. The summed E-state index contributed by atoms with van der Waals surface area (Å²) >= 11 is 3.47. The highest BCUT2D eigenvalue weighted by Crippen LogP contribution is 2.35. The number of ether oxygens (including phenoxy) is 2. The van der Waals surface area contributed by atoms with Crippen LogP contribution in [0.3, 0.4) is 0 Å². The fraction of sp³-hybridized carbons (Fsp3) is 0.529. The van der Waals surface area contributed by atoms with E-state index >= 15 is 0 Å². The van der Waals surface area contributed by atoms with E-state index in [1.165, 1.54) is 16.7 Å². The Kier molecular flexibility index (Phi) is 7.14. The third-order valence-corrected chi connectivity index (χ3v) is 4.23. The van der Waals surface area contributed by atoms with Crippen molar-refractivity contribution in [3.63, 3.8) is 0 Å². The second-order valence-electron chi connectivity index (χ2n) is 5.29. The van der Waals surface area contributed by atoms with Gasteiger partial charge in [-0.05, 0) is 43.4 Å². The van der Waals surface area contributed by atoms with E-state index in [4.69, 9.17) is 9.47 Å². The summed E-state index contributed by atoms with van der Waals surface area (Å²) in [6, 6.07) is 4.16. The zero-order valence-electron chi connectivity index (χ0n) is 13.1. The van der Waals surface area contributed by atoms with Gasteiger partial charge in [-0.2, -0.15) is 0 Å². The Morgan fingerprint density at radius 3 is 2.45 bits per heavy atom. The van der Waals surface area contributed by atoms with Crippen LogP contribution in [0, 0.1) is 0 Å². The van der Waals surface area contributed by atoms with Gasteiger partial charge in [0.05, 0.1) is 14.2 Å². The van der Waals surface area contributed by atoms with Crippen LogP contribution >= 0.6 is 15.9 Å². The number of benzene rings is 1. The van der Waals surface area contributed by atoms with Crippen molar-refractivity contribution in [3.8, 4) is 11.5 Å². The molecule has 0 saturated heterocycles. The van der Waals surface area contributed by atoms with Crippen molar-refractivity contribution >= 4 is 15.9 Å². The molecule has 1 aromatic carbocycles. The second-order valence-corrected chi connectivity index (χ2v) is 5.85. The van der Waals surface area contributed by atoms with Crippen LogP contribution in [0.4, 0.5) is 0 Å².